The van der Waals surface area contributed by atoms with E-state index in [0.717, 1.165) is 5.56 Å². The van der Waals surface area contributed by atoms with Gasteiger partial charge in [-0.1, -0.05) is 12.1 Å². The third-order valence-electron chi connectivity index (χ3n) is 2.36. The van der Waals surface area contributed by atoms with E-state index in [1.807, 2.05) is 0 Å². The number of amides is 2. The van der Waals surface area contributed by atoms with Gasteiger partial charge in [0.25, 0.3) is 0 Å². The summed E-state index contributed by atoms with van der Waals surface area (Å²) in [5.41, 5.74) is 11.2. The van der Waals surface area contributed by atoms with Gasteiger partial charge in [0.2, 0.25) is 11.8 Å². The van der Waals surface area contributed by atoms with Crippen LogP contribution in [0.3, 0.4) is 0 Å². The Kier molecular flexibility index (Phi) is 5.26. The maximum absolute atomic E-state index is 12.9. The predicted molar refractivity (Wildman–Crippen MR) is 64.9 cm³/mol. The van der Waals surface area contributed by atoms with Crippen molar-refractivity contribution in [2.75, 3.05) is 6.54 Å². The van der Waals surface area contributed by atoms with Crippen molar-refractivity contribution in [2.45, 2.75) is 18.9 Å². The number of benzene rings is 1. The number of rotatable bonds is 6. The lowest BCUT2D eigenvalue weighted by Gasteiger charge is -2.10. The summed E-state index contributed by atoms with van der Waals surface area (Å²) in [6.07, 6.45) is 0.304. The Morgan fingerprint density at radius 1 is 1.39 bits per heavy atom. The van der Waals surface area contributed by atoms with Crippen LogP contribution in [0.5, 0.6) is 0 Å². The lowest BCUT2D eigenvalue weighted by atomic mass is 10.1. The second kappa shape index (κ2) is 6.70. The van der Waals surface area contributed by atoms with E-state index >= 15 is 0 Å². The van der Waals surface area contributed by atoms with Gasteiger partial charge in [0.05, 0.1) is 12.5 Å². The van der Waals surface area contributed by atoms with Crippen molar-refractivity contribution in [3.8, 4) is 0 Å². The van der Waals surface area contributed by atoms with Crippen LogP contribution in [0, 0.1) is 5.82 Å². The van der Waals surface area contributed by atoms with Crippen LogP contribution in [0.25, 0.3) is 0 Å². The Morgan fingerprint density at radius 3 is 2.72 bits per heavy atom. The van der Waals surface area contributed by atoms with Gasteiger partial charge in [0.15, 0.2) is 0 Å². The summed E-state index contributed by atoms with van der Waals surface area (Å²) >= 11 is 0. The van der Waals surface area contributed by atoms with Gasteiger partial charge < -0.3 is 16.8 Å². The molecule has 0 radical (unpaired) electrons. The molecule has 0 aromatic heterocycles. The van der Waals surface area contributed by atoms with Gasteiger partial charge >= 0.3 is 0 Å². The van der Waals surface area contributed by atoms with E-state index < -0.39 is 17.9 Å². The number of hydrogen-bond donors (Lipinski definition) is 3. The largest absolute Gasteiger partial charge is 0.370 e. The highest BCUT2D eigenvalue weighted by Crippen LogP contribution is 2.03. The second-order valence-electron chi connectivity index (χ2n) is 3.95. The molecule has 1 atom stereocenters. The van der Waals surface area contributed by atoms with Gasteiger partial charge in [0, 0.05) is 6.54 Å². The first-order valence-corrected chi connectivity index (χ1v) is 5.55. The summed E-state index contributed by atoms with van der Waals surface area (Å²) in [5, 5.41) is 2.56. The van der Waals surface area contributed by atoms with Crippen LogP contribution in [-0.2, 0) is 16.0 Å². The van der Waals surface area contributed by atoms with Gasteiger partial charge in [-0.15, -0.1) is 0 Å². The molecule has 0 saturated carbocycles. The topological polar surface area (TPSA) is 98.2 Å². The van der Waals surface area contributed by atoms with Crippen molar-refractivity contribution in [2.24, 2.45) is 11.5 Å². The van der Waals surface area contributed by atoms with Crippen molar-refractivity contribution >= 4 is 11.8 Å². The second-order valence-corrected chi connectivity index (χ2v) is 3.95. The van der Waals surface area contributed by atoms with Gasteiger partial charge in [-0.25, -0.2) is 4.39 Å². The Hall–Kier alpha value is -1.95. The van der Waals surface area contributed by atoms with Gasteiger partial charge in [-0.3, -0.25) is 9.59 Å². The molecule has 0 heterocycles. The maximum atomic E-state index is 12.9. The molecule has 0 bridgehead atoms. The van der Waals surface area contributed by atoms with Crippen LogP contribution in [0.2, 0.25) is 0 Å². The molecule has 1 aromatic rings. The smallest absolute Gasteiger partial charge is 0.237 e. The molecule has 0 aliphatic rings. The molecule has 0 saturated heterocycles. The number of primary amides is 1. The highest BCUT2D eigenvalue weighted by molar-refractivity contribution is 5.87. The number of hydrogen-bond acceptors (Lipinski definition) is 3. The molecule has 0 fully saturated rings. The van der Waals surface area contributed by atoms with E-state index in [4.69, 9.17) is 11.5 Å². The first-order valence-electron chi connectivity index (χ1n) is 5.55. The average Bonchev–Trinajstić information content (AvgIpc) is 2.28. The van der Waals surface area contributed by atoms with Gasteiger partial charge in [-0.05, 0) is 24.1 Å². The molecule has 1 rings (SSSR count). The first kappa shape index (κ1) is 14.1. The zero-order chi connectivity index (χ0) is 13.5. The molecular weight excluding hydrogens is 237 g/mol. The number of nitrogens with two attached hydrogens (primary N) is 2. The standard InChI is InChI=1S/C12H16FN3O2/c13-9-3-1-2-8(6-9)4-5-16-12(18)10(14)7-11(15)17/h1-3,6,10H,4-5,7,14H2,(H2,15,17)(H,16,18). The predicted octanol–water partition coefficient (Wildman–Crippen LogP) is -0.313. The lowest BCUT2D eigenvalue weighted by molar-refractivity contribution is -0.126. The minimum atomic E-state index is -0.935. The average molecular weight is 253 g/mol. The van der Waals surface area contributed by atoms with Crippen LogP contribution < -0.4 is 16.8 Å². The summed E-state index contributed by atoms with van der Waals surface area (Å²) in [6, 6.07) is 5.18. The molecule has 5 N–H and O–H groups in total. The number of carbonyl (C=O) groups excluding carboxylic acids is 2. The normalized spacial score (nSPS) is 11.9. The summed E-state index contributed by atoms with van der Waals surface area (Å²) in [7, 11) is 0. The first-order chi connectivity index (χ1) is 8.49. The Balaban J connectivity index is 2.33. The molecule has 6 heteroatoms. The molecule has 5 nitrogen and oxygen atoms in total. The minimum absolute atomic E-state index is 0.189. The number of nitrogens with one attached hydrogen (secondary N) is 1. The Morgan fingerprint density at radius 2 is 2.11 bits per heavy atom. The van der Waals surface area contributed by atoms with Crippen LogP contribution in [0.1, 0.15) is 12.0 Å². The molecule has 1 aromatic carbocycles. The molecule has 18 heavy (non-hydrogen) atoms. The molecular formula is C12H16FN3O2. The zero-order valence-electron chi connectivity index (χ0n) is 9.86. The van der Waals surface area contributed by atoms with Crippen LogP contribution in [-0.4, -0.2) is 24.4 Å². The summed E-state index contributed by atoms with van der Waals surface area (Å²) in [4.78, 5) is 22.0. The fraction of sp³-hybridized carbons (Fsp3) is 0.333. The molecule has 98 valence electrons. The van der Waals surface area contributed by atoms with E-state index in [-0.39, 0.29) is 12.2 Å². The number of carbonyl (C=O) groups is 2. The Bertz CT molecular complexity index is 437. The number of halogens is 1. The van der Waals surface area contributed by atoms with Gasteiger partial charge in [-0.2, -0.15) is 0 Å². The summed E-state index contributed by atoms with van der Waals surface area (Å²) in [6.45, 7) is 0.328. The third kappa shape index (κ3) is 4.92. The quantitative estimate of drug-likeness (QED) is 0.648. The van der Waals surface area contributed by atoms with Gasteiger partial charge in [0.1, 0.15) is 5.82 Å². The van der Waals surface area contributed by atoms with E-state index in [1.54, 1.807) is 12.1 Å². The van der Waals surface area contributed by atoms with Crippen molar-refractivity contribution in [1.82, 2.24) is 5.32 Å². The third-order valence-corrected chi connectivity index (χ3v) is 2.36. The molecule has 0 spiro atoms. The van der Waals surface area contributed by atoms with Crippen LogP contribution >= 0.6 is 0 Å². The highest BCUT2D eigenvalue weighted by atomic mass is 19.1. The highest BCUT2D eigenvalue weighted by Gasteiger charge is 2.14. The van der Waals surface area contributed by atoms with E-state index in [1.165, 1.54) is 12.1 Å². The van der Waals surface area contributed by atoms with Crippen LogP contribution in [0.15, 0.2) is 24.3 Å². The van der Waals surface area contributed by atoms with Crippen molar-refractivity contribution in [1.29, 1.82) is 0 Å². The molecule has 2 amide bonds. The molecule has 0 aliphatic heterocycles. The summed E-state index contributed by atoms with van der Waals surface area (Å²) < 4.78 is 12.9. The Labute approximate surface area is 104 Å². The van der Waals surface area contributed by atoms with E-state index in [2.05, 4.69) is 5.32 Å². The maximum Gasteiger partial charge on any atom is 0.237 e. The zero-order valence-corrected chi connectivity index (χ0v) is 9.86. The monoisotopic (exact) mass is 253 g/mol. The lowest BCUT2D eigenvalue weighted by Crippen LogP contribution is -2.43. The SMILES string of the molecule is NC(=O)CC(N)C(=O)NCCc1cccc(F)c1. The minimum Gasteiger partial charge on any atom is -0.370 e. The van der Waals surface area contributed by atoms with Crippen molar-refractivity contribution in [3.63, 3.8) is 0 Å². The van der Waals surface area contributed by atoms with E-state index in [0.29, 0.717) is 13.0 Å². The van der Waals surface area contributed by atoms with Crippen LogP contribution in [0.4, 0.5) is 4.39 Å². The van der Waals surface area contributed by atoms with Crippen molar-refractivity contribution in [3.05, 3.63) is 35.6 Å². The van der Waals surface area contributed by atoms with E-state index in [9.17, 15) is 14.0 Å². The molecule has 0 aliphatic carbocycles. The molecule has 1 unspecified atom stereocenters. The van der Waals surface area contributed by atoms with Crippen molar-refractivity contribution < 1.29 is 14.0 Å². The fourth-order valence-electron chi connectivity index (χ4n) is 1.46. The summed E-state index contributed by atoms with van der Waals surface area (Å²) in [5.74, 6) is -1.38. The fourth-order valence-corrected chi connectivity index (χ4v) is 1.46.